The number of rotatable bonds is 3. The Morgan fingerprint density at radius 1 is 0.944 bits per heavy atom. The molecular weight excluding hydrogens is 220 g/mol. The highest BCUT2D eigenvalue weighted by Gasteiger charge is 2.00. The van der Waals surface area contributed by atoms with Crippen LogP contribution in [0.2, 0.25) is 0 Å². The molecule has 2 aromatic carbocycles. The molecule has 2 aromatic rings. The van der Waals surface area contributed by atoms with Gasteiger partial charge in [0.1, 0.15) is 0 Å². The van der Waals surface area contributed by atoms with Gasteiger partial charge < -0.3 is 0 Å². The second kappa shape index (κ2) is 5.46. The monoisotopic (exact) mass is 236 g/mol. The van der Waals surface area contributed by atoms with Crippen molar-refractivity contribution in [3.8, 4) is 0 Å². The minimum Gasteiger partial charge on any atom is -0.289 e. The predicted molar refractivity (Wildman–Crippen MR) is 75.7 cm³/mol. The minimum atomic E-state index is 0.0419. The van der Waals surface area contributed by atoms with Crippen LogP contribution in [0.3, 0.4) is 0 Å². The molecule has 90 valence electrons. The number of allylic oxidation sites excluding steroid dienone is 1. The summed E-state index contributed by atoms with van der Waals surface area (Å²) in [6.07, 6.45) is 3.49. The lowest BCUT2D eigenvalue weighted by Crippen LogP contribution is -1.94. The average molecular weight is 236 g/mol. The molecule has 0 aromatic heterocycles. The highest BCUT2D eigenvalue weighted by Crippen LogP contribution is 2.09. The van der Waals surface area contributed by atoms with Gasteiger partial charge in [0.05, 0.1) is 0 Å². The summed E-state index contributed by atoms with van der Waals surface area (Å²) in [7, 11) is 0. The van der Waals surface area contributed by atoms with Crippen LogP contribution in [-0.4, -0.2) is 5.78 Å². The van der Waals surface area contributed by atoms with Crippen molar-refractivity contribution in [2.75, 3.05) is 0 Å². The first-order valence-electron chi connectivity index (χ1n) is 6.01. The molecule has 0 N–H and O–H groups in total. The molecule has 0 heterocycles. The number of carbonyl (C=O) groups excluding carboxylic acids is 1. The molecule has 0 saturated carbocycles. The van der Waals surface area contributed by atoms with Gasteiger partial charge in [0.2, 0.25) is 0 Å². The number of benzene rings is 2. The summed E-state index contributed by atoms with van der Waals surface area (Å²) in [5.41, 5.74) is 4.08. The van der Waals surface area contributed by atoms with Crippen molar-refractivity contribution in [1.82, 2.24) is 0 Å². The van der Waals surface area contributed by atoms with E-state index in [1.165, 1.54) is 5.56 Å². The lowest BCUT2D eigenvalue weighted by Gasteiger charge is -1.98. The van der Waals surface area contributed by atoms with E-state index < -0.39 is 0 Å². The quantitative estimate of drug-likeness (QED) is 0.576. The number of aryl methyl sites for hydroxylation is 2. The van der Waals surface area contributed by atoms with Crippen molar-refractivity contribution in [3.05, 3.63) is 76.9 Å². The average Bonchev–Trinajstić information content (AvgIpc) is 2.36. The first-order valence-corrected chi connectivity index (χ1v) is 6.01. The molecule has 0 spiro atoms. The molecule has 0 fully saturated rings. The van der Waals surface area contributed by atoms with E-state index in [1.54, 1.807) is 6.08 Å². The van der Waals surface area contributed by atoms with Gasteiger partial charge in [-0.25, -0.2) is 0 Å². The third-order valence-electron chi connectivity index (χ3n) is 2.77. The molecular formula is C17H16O. The van der Waals surface area contributed by atoms with E-state index in [0.29, 0.717) is 0 Å². The molecule has 0 bridgehead atoms. The van der Waals surface area contributed by atoms with Gasteiger partial charge in [-0.05, 0) is 31.6 Å². The van der Waals surface area contributed by atoms with Crippen molar-refractivity contribution in [2.45, 2.75) is 13.8 Å². The Kier molecular flexibility index (Phi) is 3.73. The van der Waals surface area contributed by atoms with Crippen LogP contribution >= 0.6 is 0 Å². The minimum absolute atomic E-state index is 0.0419. The second-order valence-electron chi connectivity index (χ2n) is 4.48. The van der Waals surface area contributed by atoms with E-state index in [1.807, 2.05) is 62.4 Å². The summed E-state index contributed by atoms with van der Waals surface area (Å²) in [6, 6.07) is 15.7. The first-order chi connectivity index (χ1) is 8.65. The van der Waals surface area contributed by atoms with Gasteiger partial charge in [-0.2, -0.15) is 0 Å². The fourth-order valence-electron chi connectivity index (χ4n) is 1.84. The zero-order valence-electron chi connectivity index (χ0n) is 10.7. The Bertz CT molecular complexity index is 594. The summed E-state index contributed by atoms with van der Waals surface area (Å²) in [5, 5.41) is 0. The van der Waals surface area contributed by atoms with E-state index >= 15 is 0 Å². The smallest absolute Gasteiger partial charge is 0.185 e. The van der Waals surface area contributed by atoms with E-state index in [9.17, 15) is 4.79 Å². The molecule has 0 saturated heterocycles. The summed E-state index contributed by atoms with van der Waals surface area (Å²) < 4.78 is 0. The number of carbonyl (C=O) groups is 1. The molecule has 0 atom stereocenters. The summed E-state index contributed by atoms with van der Waals surface area (Å²) >= 11 is 0. The molecule has 18 heavy (non-hydrogen) atoms. The summed E-state index contributed by atoms with van der Waals surface area (Å²) in [5.74, 6) is 0.0419. The van der Waals surface area contributed by atoms with Gasteiger partial charge in [-0.1, -0.05) is 59.7 Å². The van der Waals surface area contributed by atoms with Crippen LogP contribution < -0.4 is 0 Å². The fourth-order valence-corrected chi connectivity index (χ4v) is 1.84. The van der Waals surface area contributed by atoms with Crippen LogP contribution in [0.1, 0.15) is 27.0 Å². The fraction of sp³-hybridized carbons (Fsp3) is 0.118. The van der Waals surface area contributed by atoms with Crippen LogP contribution in [-0.2, 0) is 0 Å². The van der Waals surface area contributed by atoms with Crippen LogP contribution in [0.4, 0.5) is 0 Å². The maximum absolute atomic E-state index is 12.0. The van der Waals surface area contributed by atoms with Crippen LogP contribution in [0.5, 0.6) is 0 Å². The Morgan fingerprint density at radius 3 is 2.28 bits per heavy atom. The lowest BCUT2D eigenvalue weighted by atomic mass is 10.1. The molecule has 1 nitrogen and oxygen atoms in total. The van der Waals surface area contributed by atoms with Crippen molar-refractivity contribution >= 4 is 11.9 Å². The van der Waals surface area contributed by atoms with E-state index in [4.69, 9.17) is 0 Å². The van der Waals surface area contributed by atoms with E-state index in [0.717, 1.165) is 16.7 Å². The predicted octanol–water partition coefficient (Wildman–Crippen LogP) is 4.20. The van der Waals surface area contributed by atoms with Crippen molar-refractivity contribution in [1.29, 1.82) is 0 Å². The summed E-state index contributed by atoms with van der Waals surface area (Å²) in [4.78, 5) is 12.0. The zero-order chi connectivity index (χ0) is 13.0. The van der Waals surface area contributed by atoms with Gasteiger partial charge in [-0.15, -0.1) is 0 Å². The molecule has 0 amide bonds. The van der Waals surface area contributed by atoms with Gasteiger partial charge in [-0.3, -0.25) is 4.79 Å². The van der Waals surface area contributed by atoms with Crippen molar-refractivity contribution < 1.29 is 4.79 Å². The van der Waals surface area contributed by atoms with E-state index in [-0.39, 0.29) is 5.78 Å². The Hall–Kier alpha value is -2.15. The highest BCUT2D eigenvalue weighted by molar-refractivity contribution is 6.06. The normalized spacial score (nSPS) is 10.8. The third kappa shape index (κ3) is 3.17. The topological polar surface area (TPSA) is 17.1 Å². The molecule has 0 aliphatic carbocycles. The van der Waals surface area contributed by atoms with Gasteiger partial charge >= 0.3 is 0 Å². The maximum atomic E-state index is 12.0. The molecule has 0 unspecified atom stereocenters. The molecule has 0 aliphatic rings. The van der Waals surface area contributed by atoms with E-state index in [2.05, 4.69) is 6.07 Å². The van der Waals surface area contributed by atoms with Crippen molar-refractivity contribution in [2.24, 2.45) is 0 Å². The molecule has 1 heteroatoms. The second-order valence-corrected chi connectivity index (χ2v) is 4.48. The Balaban J connectivity index is 2.17. The highest BCUT2D eigenvalue weighted by atomic mass is 16.1. The Labute approximate surface area is 108 Å². The lowest BCUT2D eigenvalue weighted by molar-refractivity contribution is 0.104. The third-order valence-corrected chi connectivity index (χ3v) is 2.77. The molecule has 2 rings (SSSR count). The largest absolute Gasteiger partial charge is 0.289 e. The van der Waals surface area contributed by atoms with Gasteiger partial charge in [0, 0.05) is 5.56 Å². The molecule has 0 aliphatic heterocycles. The number of hydrogen-bond acceptors (Lipinski definition) is 1. The van der Waals surface area contributed by atoms with Crippen LogP contribution in [0.25, 0.3) is 6.08 Å². The molecule has 0 radical (unpaired) electrons. The zero-order valence-corrected chi connectivity index (χ0v) is 10.7. The standard InChI is InChI=1S/C17H16O/c1-13-5-3-7-15(11-13)9-10-17(18)16-8-4-6-14(2)12-16/h3-12H,1-2H3. The first kappa shape index (κ1) is 12.3. The number of hydrogen-bond donors (Lipinski definition) is 0. The van der Waals surface area contributed by atoms with Gasteiger partial charge in [0.25, 0.3) is 0 Å². The van der Waals surface area contributed by atoms with Crippen LogP contribution in [0.15, 0.2) is 54.6 Å². The van der Waals surface area contributed by atoms with Gasteiger partial charge in [0.15, 0.2) is 5.78 Å². The number of ketones is 1. The maximum Gasteiger partial charge on any atom is 0.185 e. The van der Waals surface area contributed by atoms with Crippen LogP contribution in [0, 0.1) is 13.8 Å². The SMILES string of the molecule is Cc1cccc(C=CC(=O)c2cccc(C)c2)c1. The Morgan fingerprint density at radius 2 is 1.61 bits per heavy atom. The summed E-state index contributed by atoms with van der Waals surface area (Å²) in [6.45, 7) is 4.03. The van der Waals surface area contributed by atoms with Crippen molar-refractivity contribution in [3.63, 3.8) is 0 Å².